The molecule has 2 nitrogen and oxygen atoms in total. The molecule has 0 saturated carbocycles. The third kappa shape index (κ3) is 3.22. The third-order valence-electron chi connectivity index (χ3n) is 7.99. The molecule has 1 aromatic heterocycles. The van der Waals surface area contributed by atoms with Crippen LogP contribution in [0.25, 0.3) is 49.7 Å². The first-order valence-electron chi connectivity index (χ1n) is 13.5. The number of para-hydroxylation sites is 4. The number of anilines is 3. The molecule has 8 rings (SSSR count). The maximum atomic E-state index is 2.42. The molecule has 0 radical (unpaired) electrons. The van der Waals surface area contributed by atoms with Gasteiger partial charge in [-0.05, 0) is 61.0 Å². The van der Waals surface area contributed by atoms with Gasteiger partial charge < -0.3 is 9.47 Å². The molecular formula is C37H26N2. The molecule has 0 bridgehead atoms. The standard InChI is InChI=1S/C37H26N2/c1-25-19-21-27(22-20-25)39-34-18-10-7-15-31(34)37-35(39)24-23-29-28-13-5-8-16-32(28)38(26-11-3-2-4-12-26)33-17-9-6-14-30(33)36(29)37/h2-24H,1H3. The topological polar surface area (TPSA) is 8.17 Å². The molecule has 0 spiro atoms. The van der Waals surface area contributed by atoms with Crippen molar-refractivity contribution in [1.29, 1.82) is 0 Å². The first kappa shape index (κ1) is 22.0. The minimum absolute atomic E-state index is 1.16. The number of benzene rings is 6. The van der Waals surface area contributed by atoms with Crippen molar-refractivity contribution in [3.63, 3.8) is 0 Å². The van der Waals surface area contributed by atoms with Gasteiger partial charge in [-0.15, -0.1) is 0 Å². The Morgan fingerprint density at radius 3 is 1.87 bits per heavy atom. The van der Waals surface area contributed by atoms with Crippen molar-refractivity contribution in [1.82, 2.24) is 4.57 Å². The Labute approximate surface area is 228 Å². The largest absolute Gasteiger partial charge is 0.309 e. The van der Waals surface area contributed by atoms with Crippen LogP contribution in [0.15, 0.2) is 140 Å². The Morgan fingerprint density at radius 1 is 0.436 bits per heavy atom. The minimum atomic E-state index is 1.16. The number of nitrogens with zero attached hydrogens (tertiary/aromatic N) is 2. The number of rotatable bonds is 2. The predicted octanol–water partition coefficient (Wildman–Crippen LogP) is 10.2. The van der Waals surface area contributed by atoms with Crippen LogP contribution in [0.3, 0.4) is 0 Å². The Hall–Kier alpha value is -5.08. The lowest BCUT2D eigenvalue weighted by molar-refractivity contribution is 1.17. The SMILES string of the molecule is Cc1ccc(-n2c3ccccc3c3c4c(ccc32)-c2ccccc2N(c2ccccc2)c2ccccc2-4)cc1. The van der Waals surface area contributed by atoms with Gasteiger partial charge in [0.05, 0.1) is 22.4 Å². The predicted molar refractivity (Wildman–Crippen MR) is 165 cm³/mol. The molecular weight excluding hydrogens is 472 g/mol. The molecule has 2 heteroatoms. The summed E-state index contributed by atoms with van der Waals surface area (Å²) in [4.78, 5) is 2.41. The average Bonchev–Trinajstić information content (AvgIpc) is 3.26. The van der Waals surface area contributed by atoms with Gasteiger partial charge in [0.15, 0.2) is 0 Å². The molecule has 1 aliphatic heterocycles. The second-order valence-corrected chi connectivity index (χ2v) is 10.3. The van der Waals surface area contributed by atoms with Crippen LogP contribution in [0.2, 0.25) is 0 Å². The zero-order chi connectivity index (χ0) is 25.9. The summed E-state index contributed by atoms with van der Waals surface area (Å²) < 4.78 is 2.42. The fraction of sp³-hybridized carbons (Fsp3) is 0.0270. The number of hydrogen-bond donors (Lipinski definition) is 0. The Morgan fingerprint density at radius 2 is 1.08 bits per heavy atom. The zero-order valence-electron chi connectivity index (χ0n) is 21.7. The van der Waals surface area contributed by atoms with Crippen molar-refractivity contribution in [2.45, 2.75) is 6.92 Å². The molecule has 0 N–H and O–H groups in total. The van der Waals surface area contributed by atoms with Gasteiger partial charge in [0.2, 0.25) is 0 Å². The van der Waals surface area contributed by atoms with Gasteiger partial charge in [0.25, 0.3) is 0 Å². The first-order chi connectivity index (χ1) is 19.3. The van der Waals surface area contributed by atoms with Crippen molar-refractivity contribution in [2.75, 3.05) is 4.90 Å². The van der Waals surface area contributed by atoms with Gasteiger partial charge in [0.1, 0.15) is 0 Å². The van der Waals surface area contributed by atoms with Crippen LogP contribution in [-0.4, -0.2) is 4.57 Å². The lowest BCUT2D eigenvalue weighted by atomic mass is 9.90. The van der Waals surface area contributed by atoms with E-state index in [1.165, 1.54) is 66.7 Å². The van der Waals surface area contributed by atoms with E-state index < -0.39 is 0 Å². The van der Waals surface area contributed by atoms with Crippen molar-refractivity contribution >= 4 is 38.9 Å². The highest BCUT2D eigenvalue weighted by Crippen LogP contribution is 2.53. The van der Waals surface area contributed by atoms with Crippen LogP contribution in [0.4, 0.5) is 17.1 Å². The van der Waals surface area contributed by atoms with Gasteiger partial charge in [-0.2, -0.15) is 0 Å². The summed E-state index contributed by atoms with van der Waals surface area (Å²) in [5, 5.41) is 2.56. The monoisotopic (exact) mass is 498 g/mol. The van der Waals surface area contributed by atoms with Crippen LogP contribution in [0.5, 0.6) is 0 Å². The lowest BCUT2D eigenvalue weighted by Gasteiger charge is -2.27. The second-order valence-electron chi connectivity index (χ2n) is 10.3. The smallest absolute Gasteiger partial charge is 0.0547 e. The molecule has 6 aromatic carbocycles. The molecule has 0 fully saturated rings. The van der Waals surface area contributed by atoms with E-state index in [1.54, 1.807) is 0 Å². The van der Waals surface area contributed by atoms with E-state index in [0.717, 1.165) is 5.69 Å². The van der Waals surface area contributed by atoms with Crippen LogP contribution < -0.4 is 4.90 Å². The molecule has 0 amide bonds. The van der Waals surface area contributed by atoms with Crippen molar-refractivity contribution < 1.29 is 0 Å². The van der Waals surface area contributed by atoms with Crippen LogP contribution >= 0.6 is 0 Å². The fourth-order valence-electron chi connectivity index (χ4n) is 6.30. The number of hydrogen-bond acceptors (Lipinski definition) is 1. The highest BCUT2D eigenvalue weighted by molar-refractivity contribution is 6.21. The third-order valence-corrected chi connectivity index (χ3v) is 7.99. The van der Waals surface area contributed by atoms with E-state index in [9.17, 15) is 0 Å². The molecule has 0 unspecified atom stereocenters. The molecule has 7 aromatic rings. The number of aryl methyl sites for hydroxylation is 1. The van der Waals surface area contributed by atoms with Crippen molar-refractivity contribution in [3.05, 3.63) is 145 Å². The summed E-state index contributed by atoms with van der Waals surface area (Å²) in [5.74, 6) is 0. The Bertz CT molecular complexity index is 2010. The normalized spacial score (nSPS) is 12.2. The van der Waals surface area contributed by atoms with E-state index in [-0.39, 0.29) is 0 Å². The molecule has 0 aliphatic carbocycles. The van der Waals surface area contributed by atoms with E-state index >= 15 is 0 Å². The number of fused-ring (bicyclic) bond motifs is 9. The summed E-state index contributed by atoms with van der Waals surface area (Å²) in [5.41, 5.74) is 13.5. The van der Waals surface area contributed by atoms with Gasteiger partial charge in [-0.1, -0.05) is 96.6 Å². The first-order valence-corrected chi connectivity index (χ1v) is 13.5. The summed E-state index contributed by atoms with van der Waals surface area (Å²) in [7, 11) is 0. The average molecular weight is 499 g/mol. The van der Waals surface area contributed by atoms with Crippen LogP contribution in [0.1, 0.15) is 5.56 Å². The molecule has 0 atom stereocenters. The molecule has 0 saturated heterocycles. The summed E-state index contributed by atoms with van der Waals surface area (Å²) in [6.07, 6.45) is 0. The highest BCUT2D eigenvalue weighted by atomic mass is 15.1. The van der Waals surface area contributed by atoms with Gasteiger partial charge in [-0.25, -0.2) is 0 Å². The van der Waals surface area contributed by atoms with E-state index in [2.05, 4.69) is 156 Å². The summed E-state index contributed by atoms with van der Waals surface area (Å²) in [6, 6.07) is 50.7. The summed E-state index contributed by atoms with van der Waals surface area (Å²) >= 11 is 0. The van der Waals surface area contributed by atoms with Crippen LogP contribution in [-0.2, 0) is 0 Å². The molecule has 39 heavy (non-hydrogen) atoms. The second kappa shape index (κ2) is 8.47. The number of aromatic nitrogens is 1. The lowest BCUT2D eigenvalue weighted by Crippen LogP contribution is -2.10. The minimum Gasteiger partial charge on any atom is -0.309 e. The van der Waals surface area contributed by atoms with Gasteiger partial charge in [-0.3, -0.25) is 0 Å². The fourth-order valence-corrected chi connectivity index (χ4v) is 6.30. The zero-order valence-corrected chi connectivity index (χ0v) is 21.7. The van der Waals surface area contributed by atoms with Gasteiger partial charge in [0, 0.05) is 38.8 Å². The van der Waals surface area contributed by atoms with Crippen molar-refractivity contribution in [2.24, 2.45) is 0 Å². The van der Waals surface area contributed by atoms with Gasteiger partial charge >= 0.3 is 0 Å². The van der Waals surface area contributed by atoms with Crippen molar-refractivity contribution in [3.8, 4) is 27.9 Å². The molecule has 2 heterocycles. The van der Waals surface area contributed by atoms with Crippen LogP contribution in [0, 0.1) is 6.92 Å². The van der Waals surface area contributed by atoms with E-state index in [1.807, 2.05) is 0 Å². The molecule has 184 valence electrons. The Balaban J connectivity index is 1.56. The maximum Gasteiger partial charge on any atom is 0.0547 e. The Kier molecular flexibility index (Phi) is 4.77. The highest BCUT2D eigenvalue weighted by Gasteiger charge is 2.28. The quantitative estimate of drug-likeness (QED) is 0.230. The summed E-state index contributed by atoms with van der Waals surface area (Å²) in [6.45, 7) is 2.14. The maximum absolute atomic E-state index is 2.42. The van der Waals surface area contributed by atoms with E-state index in [4.69, 9.17) is 0 Å². The molecule has 1 aliphatic rings. The van der Waals surface area contributed by atoms with E-state index in [0.29, 0.717) is 0 Å².